The molecule has 0 atom stereocenters. The molecule has 0 N–H and O–H groups in total. The van der Waals surface area contributed by atoms with Crippen LogP contribution in [0.2, 0.25) is 0 Å². The van der Waals surface area contributed by atoms with Gasteiger partial charge in [-0.25, -0.2) is 0 Å². The van der Waals surface area contributed by atoms with Crippen LogP contribution >= 0.6 is 0 Å². The molecule has 1 heterocycles. The van der Waals surface area contributed by atoms with Gasteiger partial charge in [-0.15, -0.1) is 0 Å². The molecule has 3 rings (SSSR count). The second kappa shape index (κ2) is 7.57. The quantitative estimate of drug-likeness (QED) is 0.849. The molecule has 1 aliphatic heterocycles. The predicted octanol–water partition coefficient (Wildman–Crippen LogP) is 3.64. The third-order valence-corrected chi connectivity index (χ3v) is 4.37. The lowest BCUT2D eigenvalue weighted by atomic mass is 10.1. The highest BCUT2D eigenvalue weighted by molar-refractivity contribution is 5.15. The van der Waals surface area contributed by atoms with Crippen molar-refractivity contribution in [2.75, 3.05) is 26.2 Å². The van der Waals surface area contributed by atoms with Gasteiger partial charge < -0.3 is 0 Å². The van der Waals surface area contributed by atoms with E-state index in [-0.39, 0.29) is 0 Å². The number of hydrogen-bond acceptors (Lipinski definition) is 2. The zero-order chi connectivity index (χ0) is 15.2. The molecule has 2 aromatic rings. The molecule has 116 valence electrons. The average Bonchev–Trinajstić information content (AvgIpc) is 2.70. The lowest BCUT2D eigenvalue weighted by Crippen LogP contribution is -2.30. The highest BCUT2D eigenvalue weighted by Gasteiger charge is 2.20. The Kier molecular flexibility index (Phi) is 5.25. The molecule has 22 heavy (non-hydrogen) atoms. The van der Waals surface area contributed by atoms with E-state index >= 15 is 0 Å². The Morgan fingerprint density at radius 2 is 1.14 bits per heavy atom. The highest BCUT2D eigenvalue weighted by atomic mass is 15.2. The molecule has 2 nitrogen and oxygen atoms in total. The van der Waals surface area contributed by atoms with E-state index in [1.165, 1.54) is 24.2 Å². The Morgan fingerprint density at radius 1 is 0.727 bits per heavy atom. The van der Waals surface area contributed by atoms with Gasteiger partial charge in [0.05, 0.1) is 0 Å². The van der Waals surface area contributed by atoms with Crippen LogP contribution in [0, 0.1) is 5.92 Å². The summed E-state index contributed by atoms with van der Waals surface area (Å²) in [5.74, 6) is 0.718. The van der Waals surface area contributed by atoms with Gasteiger partial charge in [-0.2, -0.15) is 0 Å². The molecule has 1 aliphatic rings. The summed E-state index contributed by atoms with van der Waals surface area (Å²) in [4.78, 5) is 5.20. The van der Waals surface area contributed by atoms with Gasteiger partial charge in [0.1, 0.15) is 0 Å². The standard InChI is InChI=1S/C20H26N2/c1-18-14-21(16-19-8-4-2-5-9-19)12-13-22(15-18)17-20-10-6-3-7-11-20/h2-11,18H,12-17H2,1H3. The number of rotatable bonds is 4. The maximum atomic E-state index is 2.60. The molecule has 0 unspecified atom stereocenters. The largest absolute Gasteiger partial charge is 0.298 e. The number of benzene rings is 2. The van der Waals surface area contributed by atoms with Crippen molar-refractivity contribution in [3.8, 4) is 0 Å². The van der Waals surface area contributed by atoms with Gasteiger partial charge in [0.25, 0.3) is 0 Å². The van der Waals surface area contributed by atoms with E-state index in [4.69, 9.17) is 0 Å². The van der Waals surface area contributed by atoms with Crippen molar-refractivity contribution < 1.29 is 0 Å². The third kappa shape index (κ3) is 4.43. The van der Waals surface area contributed by atoms with Crippen molar-refractivity contribution in [3.05, 3.63) is 71.8 Å². The van der Waals surface area contributed by atoms with Crippen LogP contribution in [0.3, 0.4) is 0 Å². The summed E-state index contributed by atoms with van der Waals surface area (Å²) in [6.07, 6.45) is 0. The first-order valence-electron chi connectivity index (χ1n) is 8.32. The van der Waals surface area contributed by atoms with Crippen molar-refractivity contribution in [1.29, 1.82) is 0 Å². The molecular formula is C20H26N2. The van der Waals surface area contributed by atoms with Crippen LogP contribution in [0.25, 0.3) is 0 Å². The first-order chi connectivity index (χ1) is 10.8. The van der Waals surface area contributed by atoms with Crippen LogP contribution in [-0.2, 0) is 13.1 Å². The molecule has 0 bridgehead atoms. The van der Waals surface area contributed by atoms with E-state index in [2.05, 4.69) is 77.4 Å². The topological polar surface area (TPSA) is 6.48 Å². The molecule has 1 fully saturated rings. The minimum Gasteiger partial charge on any atom is -0.298 e. The summed E-state index contributed by atoms with van der Waals surface area (Å²) in [5.41, 5.74) is 2.84. The summed E-state index contributed by atoms with van der Waals surface area (Å²) in [5, 5.41) is 0. The fourth-order valence-corrected chi connectivity index (χ4v) is 3.38. The van der Waals surface area contributed by atoms with Gasteiger partial charge in [-0.1, -0.05) is 67.6 Å². The smallest absolute Gasteiger partial charge is 0.0234 e. The zero-order valence-corrected chi connectivity index (χ0v) is 13.5. The van der Waals surface area contributed by atoms with E-state index in [1.54, 1.807) is 0 Å². The number of nitrogens with zero attached hydrogens (tertiary/aromatic N) is 2. The minimum atomic E-state index is 0.718. The molecule has 0 aromatic heterocycles. The fourth-order valence-electron chi connectivity index (χ4n) is 3.38. The molecule has 2 heteroatoms. The van der Waals surface area contributed by atoms with Gasteiger partial charge in [0.2, 0.25) is 0 Å². The van der Waals surface area contributed by atoms with Gasteiger partial charge in [-0.05, 0) is 17.0 Å². The first-order valence-corrected chi connectivity index (χ1v) is 8.32. The van der Waals surface area contributed by atoms with E-state index in [0.29, 0.717) is 0 Å². The molecule has 2 aromatic carbocycles. The molecule has 1 saturated heterocycles. The molecule has 0 spiro atoms. The van der Waals surface area contributed by atoms with Gasteiger partial charge in [0.15, 0.2) is 0 Å². The van der Waals surface area contributed by atoms with Gasteiger partial charge in [-0.3, -0.25) is 9.80 Å². The van der Waals surface area contributed by atoms with Crippen molar-refractivity contribution >= 4 is 0 Å². The zero-order valence-electron chi connectivity index (χ0n) is 13.5. The van der Waals surface area contributed by atoms with Crippen LogP contribution in [0.15, 0.2) is 60.7 Å². The van der Waals surface area contributed by atoms with Crippen molar-refractivity contribution in [2.24, 2.45) is 5.92 Å². The SMILES string of the molecule is CC1CN(Cc2ccccc2)CCN(Cc2ccccc2)C1. The Bertz CT molecular complexity index is 501. The molecule has 0 radical (unpaired) electrons. The van der Waals surface area contributed by atoms with E-state index in [9.17, 15) is 0 Å². The van der Waals surface area contributed by atoms with E-state index < -0.39 is 0 Å². The van der Waals surface area contributed by atoms with Crippen LogP contribution < -0.4 is 0 Å². The second-order valence-electron chi connectivity index (χ2n) is 6.55. The molecule has 0 aliphatic carbocycles. The van der Waals surface area contributed by atoms with Crippen molar-refractivity contribution in [3.63, 3.8) is 0 Å². The lowest BCUT2D eigenvalue weighted by molar-refractivity contribution is 0.247. The Labute approximate surface area is 134 Å². The van der Waals surface area contributed by atoms with Crippen LogP contribution in [0.5, 0.6) is 0 Å². The van der Waals surface area contributed by atoms with Crippen molar-refractivity contribution in [1.82, 2.24) is 9.80 Å². The van der Waals surface area contributed by atoms with Crippen LogP contribution in [0.1, 0.15) is 18.1 Å². The van der Waals surface area contributed by atoms with Crippen LogP contribution in [-0.4, -0.2) is 36.0 Å². The molecular weight excluding hydrogens is 268 g/mol. The van der Waals surface area contributed by atoms with Crippen molar-refractivity contribution in [2.45, 2.75) is 20.0 Å². The monoisotopic (exact) mass is 294 g/mol. The average molecular weight is 294 g/mol. The third-order valence-electron chi connectivity index (χ3n) is 4.37. The maximum Gasteiger partial charge on any atom is 0.0234 e. The van der Waals surface area contributed by atoms with E-state index in [0.717, 1.165) is 32.1 Å². The summed E-state index contributed by atoms with van der Waals surface area (Å²) in [6.45, 7) is 9.23. The summed E-state index contributed by atoms with van der Waals surface area (Å²) >= 11 is 0. The minimum absolute atomic E-state index is 0.718. The predicted molar refractivity (Wildman–Crippen MR) is 92.6 cm³/mol. The Morgan fingerprint density at radius 3 is 1.55 bits per heavy atom. The van der Waals surface area contributed by atoms with Gasteiger partial charge in [0, 0.05) is 39.3 Å². The Hall–Kier alpha value is -1.64. The first kappa shape index (κ1) is 15.3. The second-order valence-corrected chi connectivity index (χ2v) is 6.55. The summed E-state index contributed by atoms with van der Waals surface area (Å²) < 4.78 is 0. The Balaban J connectivity index is 1.58. The van der Waals surface area contributed by atoms with Gasteiger partial charge >= 0.3 is 0 Å². The fraction of sp³-hybridized carbons (Fsp3) is 0.400. The molecule has 0 amide bonds. The lowest BCUT2D eigenvalue weighted by Gasteiger charge is -2.22. The van der Waals surface area contributed by atoms with Crippen LogP contribution in [0.4, 0.5) is 0 Å². The number of hydrogen-bond donors (Lipinski definition) is 0. The highest BCUT2D eigenvalue weighted by Crippen LogP contribution is 2.15. The summed E-state index contributed by atoms with van der Waals surface area (Å²) in [6, 6.07) is 21.7. The molecule has 0 saturated carbocycles. The normalized spacial score (nSPS) is 18.2. The summed E-state index contributed by atoms with van der Waals surface area (Å²) in [7, 11) is 0. The maximum absolute atomic E-state index is 2.60. The van der Waals surface area contributed by atoms with E-state index in [1.807, 2.05) is 0 Å².